The molecule has 1 rings (SSSR count). The lowest BCUT2D eigenvalue weighted by Gasteiger charge is -2.32. The molecule has 6 heteroatoms. The standard InChI is InChI=1S/C9H15IN2O3/c1-6(13)11-7-3-2-4-15-9(7)12-8(14)5-10/h7,9H,2-5H2,1H3,(H,11,13)(H,12,14). The van der Waals surface area contributed by atoms with Crippen molar-refractivity contribution >= 4 is 34.4 Å². The van der Waals surface area contributed by atoms with Crippen molar-refractivity contribution in [2.24, 2.45) is 0 Å². The third kappa shape index (κ3) is 4.33. The van der Waals surface area contributed by atoms with Crippen LogP contribution >= 0.6 is 22.6 Å². The molecule has 1 saturated heterocycles. The number of rotatable bonds is 3. The summed E-state index contributed by atoms with van der Waals surface area (Å²) < 4.78 is 5.81. The third-order valence-electron chi connectivity index (χ3n) is 2.14. The lowest BCUT2D eigenvalue weighted by Crippen LogP contribution is -2.55. The first-order valence-electron chi connectivity index (χ1n) is 4.87. The molecule has 1 aliphatic heterocycles. The molecule has 0 aromatic rings. The molecule has 1 aliphatic rings. The van der Waals surface area contributed by atoms with Crippen molar-refractivity contribution < 1.29 is 14.3 Å². The highest BCUT2D eigenvalue weighted by Crippen LogP contribution is 2.12. The van der Waals surface area contributed by atoms with Gasteiger partial charge in [-0.2, -0.15) is 0 Å². The van der Waals surface area contributed by atoms with Gasteiger partial charge in [0.2, 0.25) is 11.8 Å². The van der Waals surface area contributed by atoms with Gasteiger partial charge >= 0.3 is 0 Å². The summed E-state index contributed by atoms with van der Waals surface area (Å²) in [6.45, 7) is 2.09. The Bertz CT molecular complexity index is 248. The minimum Gasteiger partial charge on any atom is -0.356 e. The van der Waals surface area contributed by atoms with E-state index in [4.69, 9.17) is 4.74 Å². The fourth-order valence-corrected chi connectivity index (χ4v) is 1.75. The van der Waals surface area contributed by atoms with E-state index < -0.39 is 0 Å². The number of hydrogen-bond acceptors (Lipinski definition) is 3. The van der Waals surface area contributed by atoms with Crippen LogP contribution in [0.25, 0.3) is 0 Å². The molecular weight excluding hydrogens is 311 g/mol. The average molecular weight is 326 g/mol. The van der Waals surface area contributed by atoms with E-state index in [1.165, 1.54) is 6.92 Å². The zero-order chi connectivity index (χ0) is 11.3. The summed E-state index contributed by atoms with van der Waals surface area (Å²) in [5, 5.41) is 5.52. The van der Waals surface area contributed by atoms with E-state index in [0.717, 1.165) is 12.8 Å². The number of amides is 2. The minimum absolute atomic E-state index is 0.0714. The Kier molecular flexibility index (Phi) is 5.30. The van der Waals surface area contributed by atoms with E-state index in [1.807, 2.05) is 22.6 Å². The van der Waals surface area contributed by atoms with Gasteiger partial charge in [0, 0.05) is 13.5 Å². The molecule has 5 nitrogen and oxygen atoms in total. The Morgan fingerprint density at radius 1 is 1.47 bits per heavy atom. The minimum atomic E-state index is -0.384. The van der Waals surface area contributed by atoms with Crippen LogP contribution < -0.4 is 10.6 Å². The number of carbonyl (C=O) groups is 2. The van der Waals surface area contributed by atoms with E-state index in [2.05, 4.69) is 10.6 Å². The van der Waals surface area contributed by atoms with E-state index in [1.54, 1.807) is 0 Å². The number of alkyl halides is 1. The predicted molar refractivity (Wildman–Crippen MR) is 63.6 cm³/mol. The molecule has 15 heavy (non-hydrogen) atoms. The first kappa shape index (κ1) is 12.7. The molecule has 2 amide bonds. The van der Waals surface area contributed by atoms with Crippen molar-refractivity contribution in [3.8, 4) is 0 Å². The summed E-state index contributed by atoms with van der Waals surface area (Å²) in [6, 6.07) is -0.108. The number of hydrogen-bond donors (Lipinski definition) is 2. The van der Waals surface area contributed by atoms with Crippen molar-refractivity contribution in [1.29, 1.82) is 0 Å². The van der Waals surface area contributed by atoms with Crippen LogP contribution in [0.2, 0.25) is 0 Å². The maximum Gasteiger partial charge on any atom is 0.231 e. The van der Waals surface area contributed by atoms with Crippen LogP contribution in [0.1, 0.15) is 19.8 Å². The SMILES string of the molecule is CC(=O)NC1CCCOC1NC(=O)CI. The Morgan fingerprint density at radius 3 is 2.80 bits per heavy atom. The summed E-state index contributed by atoms with van der Waals surface area (Å²) in [5.41, 5.74) is 0. The van der Waals surface area contributed by atoms with Gasteiger partial charge in [-0.25, -0.2) is 0 Å². The molecule has 86 valence electrons. The first-order valence-corrected chi connectivity index (χ1v) is 6.40. The molecule has 0 aromatic carbocycles. The summed E-state index contributed by atoms with van der Waals surface area (Å²) in [6.07, 6.45) is 1.36. The highest BCUT2D eigenvalue weighted by atomic mass is 127. The second kappa shape index (κ2) is 6.26. The second-order valence-corrected chi connectivity index (χ2v) is 4.20. The number of ether oxygens (including phenoxy) is 1. The molecule has 2 unspecified atom stereocenters. The zero-order valence-electron chi connectivity index (χ0n) is 8.59. The largest absolute Gasteiger partial charge is 0.356 e. The lowest BCUT2D eigenvalue weighted by molar-refractivity contribution is -0.129. The fourth-order valence-electron chi connectivity index (χ4n) is 1.53. The van der Waals surface area contributed by atoms with Gasteiger partial charge in [-0.1, -0.05) is 22.6 Å². The van der Waals surface area contributed by atoms with Crippen LogP contribution in [0.5, 0.6) is 0 Å². The summed E-state index contributed by atoms with van der Waals surface area (Å²) in [4.78, 5) is 22.1. The lowest BCUT2D eigenvalue weighted by atomic mass is 10.1. The molecule has 0 aliphatic carbocycles. The molecule has 2 atom stereocenters. The monoisotopic (exact) mass is 326 g/mol. The van der Waals surface area contributed by atoms with Gasteiger partial charge in [-0.05, 0) is 12.8 Å². The number of carbonyl (C=O) groups excluding carboxylic acids is 2. The highest BCUT2D eigenvalue weighted by Gasteiger charge is 2.27. The third-order valence-corrected chi connectivity index (χ3v) is 2.83. The van der Waals surface area contributed by atoms with Crippen molar-refractivity contribution in [1.82, 2.24) is 10.6 Å². The molecule has 0 bridgehead atoms. The van der Waals surface area contributed by atoms with Gasteiger partial charge in [-0.3, -0.25) is 9.59 Å². The Labute approximate surface area is 102 Å². The van der Waals surface area contributed by atoms with E-state index in [9.17, 15) is 9.59 Å². The van der Waals surface area contributed by atoms with Gasteiger partial charge < -0.3 is 15.4 Å². The Balaban J connectivity index is 2.49. The Hall–Kier alpha value is -0.370. The van der Waals surface area contributed by atoms with Gasteiger partial charge in [0.1, 0.15) is 6.23 Å². The summed E-state index contributed by atoms with van der Waals surface area (Å²) in [5.74, 6) is -0.169. The average Bonchev–Trinajstić information content (AvgIpc) is 2.20. The molecular formula is C9H15IN2O3. The topological polar surface area (TPSA) is 67.4 Å². The van der Waals surface area contributed by atoms with Gasteiger partial charge in [0.25, 0.3) is 0 Å². The number of nitrogens with one attached hydrogen (secondary N) is 2. The van der Waals surface area contributed by atoms with Crippen LogP contribution in [0.15, 0.2) is 0 Å². The molecule has 0 saturated carbocycles. The van der Waals surface area contributed by atoms with Crippen molar-refractivity contribution in [3.63, 3.8) is 0 Å². The van der Waals surface area contributed by atoms with Gasteiger partial charge in [0.15, 0.2) is 0 Å². The Morgan fingerprint density at radius 2 is 2.20 bits per heavy atom. The van der Waals surface area contributed by atoms with Crippen LogP contribution in [-0.2, 0) is 14.3 Å². The molecule has 2 N–H and O–H groups in total. The second-order valence-electron chi connectivity index (χ2n) is 3.44. The van der Waals surface area contributed by atoms with Gasteiger partial charge in [0.05, 0.1) is 10.5 Å². The van der Waals surface area contributed by atoms with Crippen molar-refractivity contribution in [3.05, 3.63) is 0 Å². The fraction of sp³-hybridized carbons (Fsp3) is 0.778. The molecule has 1 fully saturated rings. The molecule has 0 aromatic heterocycles. The van der Waals surface area contributed by atoms with Crippen molar-refractivity contribution in [2.75, 3.05) is 11.0 Å². The predicted octanol–water partition coefficient (Wildman–Crippen LogP) is 0.179. The zero-order valence-corrected chi connectivity index (χ0v) is 10.7. The van der Waals surface area contributed by atoms with Crippen LogP contribution in [0, 0.1) is 0 Å². The number of halogens is 1. The van der Waals surface area contributed by atoms with Gasteiger partial charge in [-0.15, -0.1) is 0 Å². The molecule has 0 spiro atoms. The van der Waals surface area contributed by atoms with Crippen LogP contribution in [0.3, 0.4) is 0 Å². The summed E-state index contributed by atoms with van der Waals surface area (Å²) >= 11 is 1.99. The molecule has 1 heterocycles. The van der Waals surface area contributed by atoms with Crippen LogP contribution in [-0.4, -0.2) is 35.1 Å². The van der Waals surface area contributed by atoms with E-state index in [0.29, 0.717) is 11.0 Å². The van der Waals surface area contributed by atoms with Crippen molar-refractivity contribution in [2.45, 2.75) is 32.0 Å². The first-order chi connectivity index (χ1) is 7.13. The highest BCUT2D eigenvalue weighted by molar-refractivity contribution is 14.1. The maximum atomic E-state index is 11.2. The maximum absolute atomic E-state index is 11.2. The normalized spacial score (nSPS) is 25.7. The quantitative estimate of drug-likeness (QED) is 0.574. The summed E-state index contributed by atoms with van der Waals surface area (Å²) in [7, 11) is 0. The van der Waals surface area contributed by atoms with E-state index >= 15 is 0 Å². The smallest absolute Gasteiger partial charge is 0.231 e. The van der Waals surface area contributed by atoms with E-state index in [-0.39, 0.29) is 24.1 Å². The molecule has 0 radical (unpaired) electrons. The van der Waals surface area contributed by atoms with Crippen LogP contribution in [0.4, 0.5) is 0 Å².